The fraction of sp³-hybridized carbons (Fsp3) is 0.118. The van der Waals surface area contributed by atoms with Crippen molar-refractivity contribution in [1.82, 2.24) is 4.98 Å². The number of aromatic hydroxyl groups is 1. The predicted molar refractivity (Wildman–Crippen MR) is 93.9 cm³/mol. The monoisotopic (exact) mass is 360 g/mol. The van der Waals surface area contributed by atoms with E-state index in [4.69, 9.17) is 11.6 Å². The Hall–Kier alpha value is -2.31. The number of anilines is 2. The Labute approximate surface area is 143 Å². The Balaban J connectivity index is 1.94. The molecule has 2 aromatic carbocycles. The highest BCUT2D eigenvalue weighted by Crippen LogP contribution is 2.38. The lowest BCUT2D eigenvalue weighted by atomic mass is 10.0. The van der Waals surface area contributed by atoms with Crippen LogP contribution in [0.25, 0.3) is 10.9 Å². The van der Waals surface area contributed by atoms with Gasteiger partial charge in [-0.3, -0.25) is 4.98 Å². The molecule has 0 atom stereocenters. The van der Waals surface area contributed by atoms with E-state index in [1.807, 2.05) is 0 Å². The third-order valence-corrected chi connectivity index (χ3v) is 6.27. The summed E-state index contributed by atoms with van der Waals surface area (Å²) in [7, 11) is -3.22. The highest BCUT2D eigenvalue weighted by Gasteiger charge is 2.28. The molecule has 0 radical (unpaired) electrons. The maximum Gasteiger partial charge on any atom is 0.179 e. The predicted octanol–water partition coefficient (Wildman–Crippen LogP) is 3.67. The first kappa shape index (κ1) is 15.2. The molecular weight excluding hydrogens is 348 g/mol. The maximum atomic E-state index is 12.2. The number of nitrogens with one attached hydrogen (secondary N) is 1. The van der Waals surface area contributed by atoms with Crippen LogP contribution in [0.3, 0.4) is 0 Å². The van der Waals surface area contributed by atoms with E-state index in [-0.39, 0.29) is 11.5 Å². The van der Waals surface area contributed by atoms with Gasteiger partial charge in [0.25, 0.3) is 0 Å². The normalized spacial score (nSPS) is 15.4. The van der Waals surface area contributed by atoms with Crippen molar-refractivity contribution in [1.29, 1.82) is 0 Å². The average Bonchev–Trinajstić information content (AvgIpc) is 2.86. The van der Waals surface area contributed by atoms with E-state index in [1.54, 1.807) is 30.5 Å². The summed E-state index contributed by atoms with van der Waals surface area (Å²) in [5.41, 5.74) is 2.75. The maximum absolute atomic E-state index is 12.2. The molecule has 0 bridgehead atoms. The lowest BCUT2D eigenvalue weighted by Crippen LogP contribution is -1.99. The summed E-state index contributed by atoms with van der Waals surface area (Å²) in [6, 6.07) is 9.73. The molecule has 0 spiro atoms. The van der Waals surface area contributed by atoms with Gasteiger partial charge < -0.3 is 10.4 Å². The molecule has 1 aliphatic heterocycles. The van der Waals surface area contributed by atoms with Crippen molar-refractivity contribution >= 4 is 43.7 Å². The van der Waals surface area contributed by atoms with Crippen LogP contribution in [0.15, 0.2) is 47.5 Å². The summed E-state index contributed by atoms with van der Waals surface area (Å²) in [6.07, 6.45) is 2.11. The molecule has 24 heavy (non-hydrogen) atoms. The van der Waals surface area contributed by atoms with Crippen LogP contribution in [0, 0.1) is 0 Å². The number of aromatic nitrogens is 1. The van der Waals surface area contributed by atoms with E-state index in [0.29, 0.717) is 33.2 Å². The quantitative estimate of drug-likeness (QED) is 0.729. The summed E-state index contributed by atoms with van der Waals surface area (Å²) in [5, 5.41) is 14.1. The number of hydrogen-bond donors (Lipinski definition) is 2. The Kier molecular flexibility index (Phi) is 3.40. The first-order valence-electron chi connectivity index (χ1n) is 7.34. The van der Waals surface area contributed by atoms with Crippen LogP contribution >= 0.6 is 11.6 Å². The number of benzene rings is 2. The smallest absolute Gasteiger partial charge is 0.179 e. The molecule has 0 unspecified atom stereocenters. The van der Waals surface area contributed by atoms with E-state index in [2.05, 4.69) is 10.3 Å². The van der Waals surface area contributed by atoms with Gasteiger partial charge in [-0.15, -0.1) is 0 Å². The van der Waals surface area contributed by atoms with Gasteiger partial charge in [-0.05, 0) is 42.3 Å². The second-order valence-corrected chi connectivity index (χ2v) is 8.14. The number of hydrogen-bond acceptors (Lipinski definition) is 5. The number of fused-ring (bicyclic) bond motifs is 3. The van der Waals surface area contributed by atoms with Gasteiger partial charge in [0.2, 0.25) is 0 Å². The Morgan fingerprint density at radius 2 is 1.96 bits per heavy atom. The Bertz CT molecular complexity index is 1080. The molecule has 0 fully saturated rings. The molecule has 4 rings (SSSR count). The molecule has 0 saturated heterocycles. The summed E-state index contributed by atoms with van der Waals surface area (Å²) >= 11 is 6.17. The lowest BCUT2D eigenvalue weighted by molar-refractivity contribution is 0.475. The summed E-state index contributed by atoms with van der Waals surface area (Å²) in [4.78, 5) is 4.70. The minimum atomic E-state index is -3.22. The van der Waals surface area contributed by atoms with Crippen molar-refractivity contribution < 1.29 is 13.5 Å². The van der Waals surface area contributed by atoms with Gasteiger partial charge in [0.05, 0.1) is 26.9 Å². The van der Waals surface area contributed by atoms with E-state index >= 15 is 0 Å². The zero-order chi connectivity index (χ0) is 16.9. The summed E-state index contributed by atoms with van der Waals surface area (Å²) in [5.74, 6) is 0.205. The van der Waals surface area contributed by atoms with E-state index < -0.39 is 9.84 Å². The molecule has 0 aliphatic carbocycles. The van der Waals surface area contributed by atoms with Crippen LogP contribution in [0.1, 0.15) is 5.56 Å². The minimum absolute atomic E-state index is 0.0908. The lowest BCUT2D eigenvalue weighted by Gasteiger charge is -2.13. The van der Waals surface area contributed by atoms with E-state index in [9.17, 15) is 13.5 Å². The number of pyridine rings is 1. The molecule has 2 heterocycles. The highest BCUT2D eigenvalue weighted by molar-refractivity contribution is 7.91. The number of phenols is 1. The second kappa shape index (κ2) is 5.36. The van der Waals surface area contributed by atoms with Gasteiger partial charge in [-0.1, -0.05) is 11.6 Å². The average molecular weight is 361 g/mol. The molecule has 5 nitrogen and oxygen atoms in total. The topological polar surface area (TPSA) is 79.3 Å². The van der Waals surface area contributed by atoms with E-state index in [1.165, 1.54) is 12.1 Å². The number of nitrogens with zero attached hydrogens (tertiary/aromatic N) is 1. The van der Waals surface area contributed by atoms with Crippen molar-refractivity contribution in [3.05, 3.63) is 53.2 Å². The zero-order valence-corrected chi connectivity index (χ0v) is 14.0. The fourth-order valence-electron chi connectivity index (χ4n) is 3.04. The molecular formula is C17H13ClN2O3S. The molecule has 0 saturated carbocycles. The third kappa shape index (κ3) is 2.39. The number of rotatable bonds is 2. The van der Waals surface area contributed by atoms with Gasteiger partial charge in [-0.25, -0.2) is 8.42 Å². The molecule has 0 amide bonds. The van der Waals surface area contributed by atoms with Crippen molar-refractivity contribution in [2.24, 2.45) is 0 Å². The third-order valence-electron chi connectivity index (χ3n) is 4.15. The number of halogens is 1. The standard InChI is InChI=1S/C17H13ClN2O3S/c18-12-2-1-10(21)9-15(12)20-14-5-7-19-13-3-4-16-11(17(13)14)6-8-24(16,22)23/h1-5,7,9,21H,6,8H2,(H,19,20). The first-order chi connectivity index (χ1) is 11.5. The molecule has 7 heteroatoms. The largest absolute Gasteiger partial charge is 0.508 e. The van der Waals surface area contributed by atoms with Gasteiger partial charge in [0.15, 0.2) is 9.84 Å². The SMILES string of the molecule is O=S1(=O)CCc2c1ccc1nccc(Nc3cc(O)ccc3Cl)c21. The van der Waals surface area contributed by atoms with Crippen molar-refractivity contribution in [2.45, 2.75) is 11.3 Å². The first-order valence-corrected chi connectivity index (χ1v) is 9.38. The van der Waals surface area contributed by atoms with Gasteiger partial charge >= 0.3 is 0 Å². The number of aryl methyl sites for hydroxylation is 1. The molecule has 1 aromatic heterocycles. The minimum Gasteiger partial charge on any atom is -0.508 e. The van der Waals surface area contributed by atoms with Crippen LogP contribution < -0.4 is 5.32 Å². The van der Waals surface area contributed by atoms with E-state index in [0.717, 1.165) is 10.9 Å². The Morgan fingerprint density at radius 1 is 1.12 bits per heavy atom. The molecule has 122 valence electrons. The van der Waals surface area contributed by atoms with Crippen molar-refractivity contribution in [3.8, 4) is 5.75 Å². The van der Waals surface area contributed by atoms with Crippen LogP contribution in [0.4, 0.5) is 11.4 Å². The second-order valence-electron chi connectivity index (χ2n) is 5.65. The van der Waals surface area contributed by atoms with Crippen LogP contribution in [0.2, 0.25) is 5.02 Å². The number of phenolic OH excluding ortho intramolecular Hbond substituents is 1. The van der Waals surface area contributed by atoms with Crippen molar-refractivity contribution in [3.63, 3.8) is 0 Å². The highest BCUT2D eigenvalue weighted by atomic mass is 35.5. The zero-order valence-electron chi connectivity index (χ0n) is 12.5. The van der Waals surface area contributed by atoms with Crippen LogP contribution in [-0.2, 0) is 16.3 Å². The molecule has 1 aliphatic rings. The van der Waals surface area contributed by atoms with Gasteiger partial charge in [0.1, 0.15) is 5.75 Å². The summed E-state index contributed by atoms with van der Waals surface area (Å²) in [6.45, 7) is 0. The van der Waals surface area contributed by atoms with Crippen LogP contribution in [0.5, 0.6) is 5.75 Å². The van der Waals surface area contributed by atoms with Gasteiger partial charge in [-0.2, -0.15) is 0 Å². The van der Waals surface area contributed by atoms with Crippen LogP contribution in [-0.4, -0.2) is 24.3 Å². The Morgan fingerprint density at radius 3 is 2.79 bits per heavy atom. The van der Waals surface area contributed by atoms with Crippen molar-refractivity contribution in [2.75, 3.05) is 11.1 Å². The molecule has 2 N–H and O–H groups in total. The fourth-order valence-corrected chi connectivity index (χ4v) is 4.76. The van der Waals surface area contributed by atoms with Gasteiger partial charge in [0, 0.05) is 23.3 Å². The number of sulfone groups is 1. The summed E-state index contributed by atoms with van der Waals surface area (Å²) < 4.78 is 24.3. The molecule has 3 aromatic rings.